The zero-order valence-corrected chi connectivity index (χ0v) is 16.6. The zero-order chi connectivity index (χ0) is 19.6. The highest BCUT2D eigenvalue weighted by atomic mass is 32.2. The molecule has 2 aromatic carbocycles. The Kier molecular flexibility index (Phi) is 5.78. The van der Waals surface area contributed by atoms with E-state index in [9.17, 15) is 12.8 Å². The van der Waals surface area contributed by atoms with Crippen LogP contribution < -0.4 is 0 Å². The first kappa shape index (κ1) is 19.5. The van der Waals surface area contributed by atoms with Crippen molar-refractivity contribution in [3.63, 3.8) is 0 Å². The van der Waals surface area contributed by atoms with E-state index in [1.807, 2.05) is 24.3 Å². The van der Waals surface area contributed by atoms with E-state index < -0.39 is 10.0 Å². The van der Waals surface area contributed by atoms with Crippen molar-refractivity contribution in [1.82, 2.24) is 9.21 Å². The van der Waals surface area contributed by atoms with Gasteiger partial charge in [-0.25, -0.2) is 12.8 Å². The first-order chi connectivity index (χ1) is 13.5. The first-order valence-electron chi connectivity index (χ1n) is 9.70. The predicted octanol–water partition coefficient (Wildman–Crippen LogP) is 3.18. The molecule has 4 rings (SSSR count). The minimum atomic E-state index is -3.50. The van der Waals surface area contributed by atoms with Crippen LogP contribution in [0.15, 0.2) is 53.4 Å². The summed E-state index contributed by atoms with van der Waals surface area (Å²) in [6, 6.07) is 14.2. The fourth-order valence-electron chi connectivity index (χ4n) is 4.05. The topological polar surface area (TPSA) is 49.9 Å². The van der Waals surface area contributed by atoms with Gasteiger partial charge < -0.3 is 4.74 Å². The lowest BCUT2D eigenvalue weighted by Crippen LogP contribution is -2.40. The van der Waals surface area contributed by atoms with Crippen LogP contribution in [0.1, 0.15) is 30.0 Å². The van der Waals surface area contributed by atoms with E-state index in [1.54, 1.807) is 12.1 Å². The number of halogens is 1. The fraction of sp³-hybridized carbons (Fsp3) is 0.429. The first-order valence-corrected chi connectivity index (χ1v) is 11.1. The number of sulfonamides is 1. The number of morpholine rings is 1. The molecule has 0 radical (unpaired) electrons. The molecule has 0 N–H and O–H groups in total. The van der Waals surface area contributed by atoms with E-state index in [1.165, 1.54) is 16.4 Å². The molecular formula is C21H25FN2O3S. The predicted molar refractivity (Wildman–Crippen MR) is 105 cm³/mol. The molecule has 0 saturated carbocycles. The van der Waals surface area contributed by atoms with Gasteiger partial charge in [-0.15, -0.1) is 0 Å². The fourth-order valence-corrected chi connectivity index (χ4v) is 5.53. The Morgan fingerprint density at radius 3 is 2.54 bits per heavy atom. The van der Waals surface area contributed by atoms with Gasteiger partial charge in [0.2, 0.25) is 10.0 Å². The van der Waals surface area contributed by atoms with Crippen LogP contribution in [0.5, 0.6) is 0 Å². The summed E-state index contributed by atoms with van der Waals surface area (Å²) in [5.74, 6) is -0.227. The largest absolute Gasteiger partial charge is 0.379 e. The Hall–Kier alpha value is -1.80. The van der Waals surface area contributed by atoms with Crippen LogP contribution >= 0.6 is 0 Å². The Bertz CT molecular complexity index is 912. The number of hydrogen-bond acceptors (Lipinski definition) is 4. The molecule has 1 atom stereocenters. The maximum Gasteiger partial charge on any atom is 0.243 e. The lowest BCUT2D eigenvalue weighted by atomic mass is 10.0. The van der Waals surface area contributed by atoms with Crippen molar-refractivity contribution < 1.29 is 17.5 Å². The van der Waals surface area contributed by atoms with E-state index in [-0.39, 0.29) is 11.9 Å². The summed E-state index contributed by atoms with van der Waals surface area (Å²) < 4.78 is 45.8. The molecule has 28 heavy (non-hydrogen) atoms. The van der Waals surface area contributed by atoms with Crippen molar-refractivity contribution in [2.75, 3.05) is 32.8 Å². The van der Waals surface area contributed by atoms with Gasteiger partial charge in [-0.2, -0.15) is 4.31 Å². The second-order valence-corrected chi connectivity index (χ2v) is 9.28. The van der Waals surface area contributed by atoms with Gasteiger partial charge in [0, 0.05) is 25.7 Å². The highest BCUT2D eigenvalue weighted by molar-refractivity contribution is 7.89. The molecule has 0 amide bonds. The summed E-state index contributed by atoms with van der Waals surface area (Å²) in [6.07, 6.45) is 2.10. The van der Waals surface area contributed by atoms with Gasteiger partial charge in [-0.05, 0) is 54.8 Å². The quantitative estimate of drug-likeness (QED) is 0.768. The second kappa shape index (κ2) is 8.29. The van der Waals surface area contributed by atoms with Crippen molar-refractivity contribution in [2.24, 2.45) is 0 Å². The van der Waals surface area contributed by atoms with E-state index in [0.29, 0.717) is 37.7 Å². The third-order valence-electron chi connectivity index (χ3n) is 5.51. The monoisotopic (exact) mass is 404 g/mol. The maximum atomic E-state index is 13.2. The Balaban J connectivity index is 1.52. The smallest absolute Gasteiger partial charge is 0.243 e. The Morgan fingerprint density at radius 2 is 1.79 bits per heavy atom. The van der Waals surface area contributed by atoms with Gasteiger partial charge in [0.15, 0.2) is 0 Å². The lowest BCUT2D eigenvalue weighted by Gasteiger charge is -2.27. The Labute approximate surface area is 165 Å². The molecule has 1 unspecified atom stereocenters. The highest BCUT2D eigenvalue weighted by Crippen LogP contribution is 2.33. The van der Waals surface area contributed by atoms with Crippen molar-refractivity contribution in [1.29, 1.82) is 0 Å². The molecule has 0 aromatic heterocycles. The number of nitrogens with zero attached hydrogens (tertiary/aromatic N) is 2. The lowest BCUT2D eigenvalue weighted by molar-refractivity contribution is 0.0730. The third-order valence-corrected chi connectivity index (χ3v) is 7.41. The molecule has 2 aliphatic heterocycles. The molecule has 2 saturated heterocycles. The number of benzene rings is 2. The van der Waals surface area contributed by atoms with Crippen LogP contribution in [0.25, 0.3) is 0 Å². The zero-order valence-electron chi connectivity index (χ0n) is 15.8. The molecule has 150 valence electrons. The molecule has 5 nitrogen and oxygen atoms in total. The van der Waals surface area contributed by atoms with E-state index in [2.05, 4.69) is 4.90 Å². The molecule has 2 fully saturated rings. The number of rotatable bonds is 5. The molecule has 7 heteroatoms. The molecular weight excluding hydrogens is 379 g/mol. The van der Waals surface area contributed by atoms with Gasteiger partial charge in [0.05, 0.1) is 18.1 Å². The van der Waals surface area contributed by atoms with Crippen molar-refractivity contribution >= 4 is 10.0 Å². The van der Waals surface area contributed by atoms with E-state index >= 15 is 0 Å². The third kappa shape index (κ3) is 4.12. The van der Waals surface area contributed by atoms with E-state index in [4.69, 9.17) is 4.74 Å². The van der Waals surface area contributed by atoms with Gasteiger partial charge in [0.25, 0.3) is 0 Å². The summed E-state index contributed by atoms with van der Waals surface area (Å²) in [5.41, 5.74) is 2.08. The standard InChI is InChI=1S/C21H25FN2O3S/c22-19-8-6-18(7-9-19)21-5-2-10-23(21)16-17-3-1-4-20(15-17)28(25,26)24-11-13-27-14-12-24/h1,3-4,6-9,15,21H,2,5,10-14,16H2. The van der Waals surface area contributed by atoms with Crippen LogP contribution in [-0.2, 0) is 21.3 Å². The molecule has 0 bridgehead atoms. The summed E-state index contributed by atoms with van der Waals surface area (Å²) in [6.45, 7) is 3.28. The summed E-state index contributed by atoms with van der Waals surface area (Å²) in [4.78, 5) is 2.68. The van der Waals surface area contributed by atoms with E-state index in [0.717, 1.165) is 30.5 Å². The van der Waals surface area contributed by atoms with Crippen LogP contribution in [-0.4, -0.2) is 50.5 Å². The van der Waals surface area contributed by atoms with Crippen molar-refractivity contribution in [3.8, 4) is 0 Å². The summed E-state index contributed by atoms with van der Waals surface area (Å²) in [5, 5.41) is 0. The van der Waals surface area contributed by atoms with Crippen LogP contribution in [0, 0.1) is 5.82 Å². The summed E-state index contributed by atoms with van der Waals surface area (Å²) >= 11 is 0. The number of likely N-dealkylation sites (tertiary alicyclic amines) is 1. The minimum Gasteiger partial charge on any atom is -0.379 e. The van der Waals surface area contributed by atoms with Crippen LogP contribution in [0.4, 0.5) is 4.39 Å². The normalized spacial score (nSPS) is 21.8. The molecule has 0 aliphatic carbocycles. The van der Waals surface area contributed by atoms with Gasteiger partial charge in [-0.3, -0.25) is 4.90 Å². The van der Waals surface area contributed by atoms with Gasteiger partial charge >= 0.3 is 0 Å². The number of hydrogen-bond donors (Lipinski definition) is 0. The molecule has 2 aromatic rings. The van der Waals surface area contributed by atoms with Crippen LogP contribution in [0.2, 0.25) is 0 Å². The SMILES string of the molecule is O=S(=O)(c1cccc(CN2CCCC2c2ccc(F)cc2)c1)N1CCOCC1. The maximum absolute atomic E-state index is 13.2. The average molecular weight is 405 g/mol. The Morgan fingerprint density at radius 1 is 1.04 bits per heavy atom. The molecule has 0 spiro atoms. The van der Waals surface area contributed by atoms with Gasteiger partial charge in [0.1, 0.15) is 5.82 Å². The average Bonchev–Trinajstić information content (AvgIpc) is 3.17. The summed E-state index contributed by atoms with van der Waals surface area (Å²) in [7, 11) is -3.50. The molecule has 2 aliphatic rings. The number of ether oxygens (including phenoxy) is 1. The highest BCUT2D eigenvalue weighted by Gasteiger charge is 2.28. The van der Waals surface area contributed by atoms with Crippen molar-refractivity contribution in [3.05, 3.63) is 65.5 Å². The minimum absolute atomic E-state index is 0.227. The van der Waals surface area contributed by atoms with Crippen LogP contribution in [0.3, 0.4) is 0 Å². The van der Waals surface area contributed by atoms with Crippen molar-refractivity contribution in [2.45, 2.75) is 30.3 Å². The van der Waals surface area contributed by atoms with Gasteiger partial charge in [-0.1, -0.05) is 24.3 Å². The molecule has 2 heterocycles. The second-order valence-electron chi connectivity index (χ2n) is 7.34.